The van der Waals surface area contributed by atoms with Crippen LogP contribution in [0.15, 0.2) is 16.6 Å². The van der Waals surface area contributed by atoms with E-state index in [4.69, 9.17) is 5.73 Å². The van der Waals surface area contributed by atoms with Gasteiger partial charge in [0.1, 0.15) is 0 Å². The SMILES string of the molecule is COC(=O)c1c(I)ccc(Br)c1N. The number of nitrogens with two attached hydrogens (primary N) is 1. The fraction of sp³-hybridized carbons (Fsp3) is 0.125. The van der Waals surface area contributed by atoms with E-state index in [1.54, 1.807) is 12.1 Å². The first kappa shape index (κ1) is 10.8. The maximum Gasteiger partial charge on any atom is 0.341 e. The summed E-state index contributed by atoms with van der Waals surface area (Å²) in [5.74, 6) is -0.414. The number of rotatable bonds is 1. The predicted octanol–water partition coefficient (Wildman–Crippen LogP) is 2.42. The molecule has 0 heterocycles. The lowest BCUT2D eigenvalue weighted by Gasteiger charge is -2.07. The number of benzene rings is 1. The molecule has 0 bridgehead atoms. The lowest BCUT2D eigenvalue weighted by atomic mass is 10.2. The van der Waals surface area contributed by atoms with Crippen molar-refractivity contribution in [2.45, 2.75) is 0 Å². The number of methoxy groups -OCH3 is 1. The summed E-state index contributed by atoms with van der Waals surface area (Å²) in [7, 11) is 1.33. The Kier molecular flexibility index (Phi) is 3.55. The normalized spacial score (nSPS) is 9.77. The van der Waals surface area contributed by atoms with Crippen molar-refractivity contribution in [2.24, 2.45) is 0 Å². The van der Waals surface area contributed by atoms with Crippen LogP contribution >= 0.6 is 38.5 Å². The van der Waals surface area contributed by atoms with Crippen LogP contribution in [0.1, 0.15) is 10.4 Å². The lowest BCUT2D eigenvalue weighted by molar-refractivity contribution is 0.0600. The molecule has 2 N–H and O–H groups in total. The Bertz CT molecular complexity index is 354. The topological polar surface area (TPSA) is 52.3 Å². The summed E-state index contributed by atoms with van der Waals surface area (Å²) < 4.78 is 6.09. The van der Waals surface area contributed by atoms with E-state index in [-0.39, 0.29) is 0 Å². The van der Waals surface area contributed by atoms with Crippen LogP contribution < -0.4 is 5.73 Å². The molecule has 0 radical (unpaired) electrons. The first-order valence-electron chi connectivity index (χ1n) is 3.39. The second-order valence-electron chi connectivity index (χ2n) is 2.31. The molecule has 0 aliphatic rings. The van der Waals surface area contributed by atoms with Crippen LogP contribution in [-0.4, -0.2) is 13.1 Å². The predicted molar refractivity (Wildman–Crippen MR) is 62.6 cm³/mol. The minimum absolute atomic E-state index is 0.414. The Morgan fingerprint density at radius 3 is 2.77 bits per heavy atom. The molecular formula is C8H7BrINO2. The number of carbonyl (C=O) groups excluding carboxylic acids is 1. The summed E-state index contributed by atoms with van der Waals surface area (Å²) in [4.78, 5) is 11.3. The van der Waals surface area contributed by atoms with Gasteiger partial charge in [0.05, 0.1) is 18.4 Å². The van der Waals surface area contributed by atoms with Crippen molar-refractivity contribution in [2.75, 3.05) is 12.8 Å². The Balaban J connectivity index is 3.33. The smallest absolute Gasteiger partial charge is 0.341 e. The average molecular weight is 356 g/mol. The molecule has 0 aliphatic heterocycles. The van der Waals surface area contributed by atoms with E-state index < -0.39 is 5.97 Å². The second-order valence-corrected chi connectivity index (χ2v) is 4.33. The van der Waals surface area contributed by atoms with Gasteiger partial charge in [0.15, 0.2) is 0 Å². The van der Waals surface area contributed by atoms with Crippen LogP contribution in [0, 0.1) is 3.57 Å². The Hall–Kier alpha value is -0.300. The number of halogens is 2. The number of hydrogen-bond donors (Lipinski definition) is 1. The highest BCUT2D eigenvalue weighted by atomic mass is 127. The van der Waals surface area contributed by atoms with Gasteiger partial charge in [0.25, 0.3) is 0 Å². The number of hydrogen-bond acceptors (Lipinski definition) is 3. The Morgan fingerprint density at radius 2 is 2.23 bits per heavy atom. The van der Waals surface area contributed by atoms with Gasteiger partial charge in [-0.3, -0.25) is 0 Å². The van der Waals surface area contributed by atoms with Crippen LogP contribution in [0.4, 0.5) is 5.69 Å². The van der Waals surface area contributed by atoms with Crippen molar-refractivity contribution in [1.29, 1.82) is 0 Å². The first-order valence-corrected chi connectivity index (χ1v) is 5.27. The monoisotopic (exact) mass is 355 g/mol. The molecule has 0 fully saturated rings. The molecule has 70 valence electrons. The van der Waals surface area contributed by atoms with Crippen LogP contribution in [-0.2, 0) is 4.74 Å². The minimum Gasteiger partial charge on any atom is -0.465 e. The van der Waals surface area contributed by atoms with Gasteiger partial charge in [0, 0.05) is 8.04 Å². The third-order valence-electron chi connectivity index (χ3n) is 1.53. The van der Waals surface area contributed by atoms with Gasteiger partial charge in [-0.1, -0.05) is 0 Å². The van der Waals surface area contributed by atoms with E-state index in [0.717, 1.165) is 3.57 Å². The minimum atomic E-state index is -0.414. The van der Waals surface area contributed by atoms with Gasteiger partial charge >= 0.3 is 5.97 Å². The van der Waals surface area contributed by atoms with Gasteiger partial charge in [-0.05, 0) is 50.7 Å². The Morgan fingerprint density at radius 1 is 1.62 bits per heavy atom. The summed E-state index contributed by atoms with van der Waals surface area (Å²) in [6, 6.07) is 3.59. The maximum atomic E-state index is 11.3. The second kappa shape index (κ2) is 4.28. The zero-order chi connectivity index (χ0) is 10.0. The molecular weight excluding hydrogens is 349 g/mol. The summed E-state index contributed by atoms with van der Waals surface area (Å²) in [5, 5.41) is 0. The molecule has 0 aliphatic carbocycles. The van der Waals surface area contributed by atoms with Gasteiger partial charge in [0.2, 0.25) is 0 Å². The standard InChI is InChI=1S/C8H7BrINO2/c1-13-8(12)6-5(10)3-2-4(9)7(6)11/h2-3H,11H2,1H3. The molecule has 1 rings (SSSR count). The van der Waals surface area contributed by atoms with Crippen molar-refractivity contribution in [1.82, 2.24) is 0 Å². The van der Waals surface area contributed by atoms with Crippen molar-refractivity contribution >= 4 is 50.2 Å². The highest BCUT2D eigenvalue weighted by Gasteiger charge is 2.15. The fourth-order valence-corrected chi connectivity index (χ4v) is 1.90. The third kappa shape index (κ3) is 2.14. The van der Waals surface area contributed by atoms with E-state index in [0.29, 0.717) is 15.7 Å². The molecule has 1 aromatic rings. The molecule has 0 atom stereocenters. The Labute approximate surface area is 97.9 Å². The van der Waals surface area contributed by atoms with Gasteiger partial charge in [-0.15, -0.1) is 0 Å². The zero-order valence-electron chi connectivity index (χ0n) is 6.80. The van der Waals surface area contributed by atoms with Crippen LogP contribution in [0.2, 0.25) is 0 Å². The maximum absolute atomic E-state index is 11.3. The van der Waals surface area contributed by atoms with Crippen molar-refractivity contribution < 1.29 is 9.53 Å². The van der Waals surface area contributed by atoms with E-state index >= 15 is 0 Å². The van der Waals surface area contributed by atoms with Gasteiger partial charge in [-0.2, -0.15) is 0 Å². The molecule has 0 saturated carbocycles. The van der Waals surface area contributed by atoms with Gasteiger partial charge in [-0.25, -0.2) is 4.79 Å². The summed E-state index contributed by atoms with van der Waals surface area (Å²) in [5.41, 5.74) is 6.54. The molecule has 0 saturated heterocycles. The molecule has 0 unspecified atom stereocenters. The van der Waals surface area contributed by atoms with E-state index in [9.17, 15) is 4.79 Å². The fourth-order valence-electron chi connectivity index (χ4n) is 0.877. The molecule has 3 nitrogen and oxygen atoms in total. The summed E-state index contributed by atoms with van der Waals surface area (Å²) in [6.07, 6.45) is 0. The molecule has 0 amide bonds. The van der Waals surface area contributed by atoms with Crippen LogP contribution in [0.3, 0.4) is 0 Å². The zero-order valence-corrected chi connectivity index (χ0v) is 10.5. The van der Waals surface area contributed by atoms with Crippen molar-refractivity contribution in [3.63, 3.8) is 0 Å². The molecule has 1 aromatic carbocycles. The number of ether oxygens (including phenoxy) is 1. The van der Waals surface area contributed by atoms with Crippen molar-refractivity contribution in [3.05, 3.63) is 25.7 Å². The highest BCUT2D eigenvalue weighted by Crippen LogP contribution is 2.27. The third-order valence-corrected chi connectivity index (χ3v) is 3.12. The highest BCUT2D eigenvalue weighted by molar-refractivity contribution is 14.1. The molecule has 0 spiro atoms. The molecule has 5 heteroatoms. The molecule has 0 aromatic heterocycles. The first-order chi connectivity index (χ1) is 6.07. The lowest BCUT2D eigenvalue weighted by Crippen LogP contribution is -2.08. The van der Waals surface area contributed by atoms with Crippen molar-refractivity contribution in [3.8, 4) is 0 Å². The van der Waals surface area contributed by atoms with Crippen LogP contribution in [0.5, 0.6) is 0 Å². The largest absolute Gasteiger partial charge is 0.465 e. The average Bonchev–Trinajstić information content (AvgIpc) is 2.12. The number of carbonyl (C=O) groups is 1. The van der Waals surface area contributed by atoms with Crippen LogP contribution in [0.25, 0.3) is 0 Å². The van der Waals surface area contributed by atoms with Gasteiger partial charge < -0.3 is 10.5 Å². The number of anilines is 1. The van der Waals surface area contributed by atoms with E-state index in [1.165, 1.54) is 7.11 Å². The summed E-state index contributed by atoms with van der Waals surface area (Å²) in [6.45, 7) is 0. The van der Waals surface area contributed by atoms with E-state index in [2.05, 4.69) is 20.7 Å². The number of esters is 1. The van der Waals surface area contributed by atoms with E-state index in [1.807, 2.05) is 22.6 Å². The molecule has 13 heavy (non-hydrogen) atoms. The summed E-state index contributed by atoms with van der Waals surface area (Å²) >= 11 is 5.28. The quantitative estimate of drug-likeness (QED) is 0.478. The number of nitrogen functional groups attached to an aromatic ring is 1.